The standard InChI is InChI=1S/C12H12N2O5S/c15-11(12(16)13-5-6-20(17,18)19)9-7-14-10-4-2-1-3-8(9)10/h1-4,7,14H,5-6H2,(H,13,16)(H,17,18,19). The van der Waals surface area contributed by atoms with E-state index in [2.05, 4.69) is 10.3 Å². The lowest BCUT2D eigenvalue weighted by Gasteiger charge is -2.02. The Kier molecular flexibility index (Phi) is 3.86. The van der Waals surface area contributed by atoms with Crippen LogP contribution in [-0.2, 0) is 14.9 Å². The molecule has 0 radical (unpaired) electrons. The molecular weight excluding hydrogens is 284 g/mol. The van der Waals surface area contributed by atoms with Crippen molar-refractivity contribution in [1.29, 1.82) is 0 Å². The topological polar surface area (TPSA) is 116 Å². The minimum Gasteiger partial charge on any atom is -0.360 e. The van der Waals surface area contributed by atoms with Gasteiger partial charge in [-0.05, 0) is 6.07 Å². The Bertz CT molecular complexity index is 763. The number of ketones is 1. The zero-order chi connectivity index (χ0) is 14.8. The van der Waals surface area contributed by atoms with Crippen LogP contribution >= 0.6 is 0 Å². The Morgan fingerprint density at radius 1 is 1.25 bits per heavy atom. The van der Waals surface area contributed by atoms with E-state index in [9.17, 15) is 18.0 Å². The molecule has 0 bridgehead atoms. The summed E-state index contributed by atoms with van der Waals surface area (Å²) in [5.41, 5.74) is 0.937. The molecule has 2 aromatic rings. The monoisotopic (exact) mass is 296 g/mol. The molecule has 7 nitrogen and oxygen atoms in total. The number of carbonyl (C=O) groups excluding carboxylic acids is 2. The summed E-state index contributed by atoms with van der Waals surface area (Å²) in [6, 6.07) is 7.00. The van der Waals surface area contributed by atoms with E-state index in [1.807, 2.05) is 0 Å². The number of benzene rings is 1. The van der Waals surface area contributed by atoms with Crippen LogP contribution in [0.15, 0.2) is 30.5 Å². The van der Waals surface area contributed by atoms with Crippen molar-refractivity contribution >= 4 is 32.7 Å². The lowest BCUT2D eigenvalue weighted by Crippen LogP contribution is -2.34. The van der Waals surface area contributed by atoms with Crippen molar-refractivity contribution in [2.75, 3.05) is 12.3 Å². The molecule has 0 unspecified atom stereocenters. The molecule has 0 aliphatic rings. The number of nitrogens with one attached hydrogen (secondary N) is 2. The molecule has 0 saturated heterocycles. The van der Waals surface area contributed by atoms with Crippen LogP contribution in [0.1, 0.15) is 10.4 Å². The summed E-state index contributed by atoms with van der Waals surface area (Å²) >= 11 is 0. The van der Waals surface area contributed by atoms with E-state index in [4.69, 9.17) is 4.55 Å². The summed E-state index contributed by atoms with van der Waals surface area (Å²) in [5, 5.41) is 2.76. The van der Waals surface area contributed by atoms with E-state index in [-0.39, 0.29) is 12.1 Å². The first-order chi connectivity index (χ1) is 9.38. The van der Waals surface area contributed by atoms with Crippen molar-refractivity contribution < 1.29 is 22.6 Å². The Balaban J connectivity index is 2.09. The number of amides is 1. The third-order valence-corrected chi connectivity index (χ3v) is 3.41. The zero-order valence-electron chi connectivity index (χ0n) is 10.3. The minimum atomic E-state index is -4.17. The molecule has 20 heavy (non-hydrogen) atoms. The number of aromatic amines is 1. The number of para-hydroxylation sites is 1. The number of carbonyl (C=O) groups is 2. The van der Waals surface area contributed by atoms with Crippen LogP contribution in [0.4, 0.5) is 0 Å². The van der Waals surface area contributed by atoms with Gasteiger partial charge in [-0.25, -0.2) is 0 Å². The van der Waals surface area contributed by atoms with Crippen molar-refractivity contribution in [3.05, 3.63) is 36.0 Å². The highest BCUT2D eigenvalue weighted by Crippen LogP contribution is 2.17. The normalized spacial score (nSPS) is 11.4. The first-order valence-electron chi connectivity index (χ1n) is 5.72. The van der Waals surface area contributed by atoms with Crippen LogP contribution < -0.4 is 5.32 Å². The van der Waals surface area contributed by atoms with Crippen LogP contribution in [0.3, 0.4) is 0 Å². The van der Waals surface area contributed by atoms with Crippen LogP contribution in [0.25, 0.3) is 10.9 Å². The Hall–Kier alpha value is -2.19. The Labute approximate surface area is 114 Å². The van der Waals surface area contributed by atoms with Gasteiger partial charge < -0.3 is 10.3 Å². The van der Waals surface area contributed by atoms with Crippen molar-refractivity contribution in [2.45, 2.75) is 0 Å². The van der Waals surface area contributed by atoms with Gasteiger partial charge in [-0.1, -0.05) is 18.2 Å². The summed E-state index contributed by atoms with van der Waals surface area (Å²) < 4.78 is 29.5. The third-order valence-electron chi connectivity index (χ3n) is 2.69. The first-order valence-corrected chi connectivity index (χ1v) is 7.33. The van der Waals surface area contributed by atoms with E-state index in [1.54, 1.807) is 24.3 Å². The fourth-order valence-electron chi connectivity index (χ4n) is 1.76. The van der Waals surface area contributed by atoms with Gasteiger partial charge in [0.2, 0.25) is 0 Å². The predicted octanol–water partition coefficient (Wildman–Crippen LogP) is 0.355. The number of rotatable bonds is 5. The maximum absolute atomic E-state index is 11.9. The van der Waals surface area contributed by atoms with E-state index < -0.39 is 27.6 Å². The van der Waals surface area contributed by atoms with E-state index in [0.717, 1.165) is 5.52 Å². The second-order valence-electron chi connectivity index (χ2n) is 4.12. The van der Waals surface area contributed by atoms with Crippen LogP contribution in [0.5, 0.6) is 0 Å². The number of fused-ring (bicyclic) bond motifs is 1. The van der Waals surface area contributed by atoms with Crippen molar-refractivity contribution in [3.63, 3.8) is 0 Å². The average Bonchev–Trinajstić information content (AvgIpc) is 2.80. The molecule has 1 heterocycles. The van der Waals surface area contributed by atoms with Gasteiger partial charge in [0.15, 0.2) is 0 Å². The highest BCUT2D eigenvalue weighted by Gasteiger charge is 2.19. The second-order valence-corrected chi connectivity index (χ2v) is 5.69. The number of hydrogen-bond acceptors (Lipinski definition) is 4. The molecule has 8 heteroatoms. The van der Waals surface area contributed by atoms with Gasteiger partial charge in [-0.3, -0.25) is 14.1 Å². The molecule has 0 fully saturated rings. The molecular formula is C12H12N2O5S. The first kappa shape index (κ1) is 14.2. The Morgan fingerprint density at radius 2 is 1.95 bits per heavy atom. The summed E-state index contributed by atoms with van der Waals surface area (Å²) in [4.78, 5) is 26.4. The largest absolute Gasteiger partial charge is 0.360 e. The number of Topliss-reactive ketones (excluding diaryl/α,β-unsaturated/α-hetero) is 1. The van der Waals surface area contributed by atoms with Gasteiger partial charge in [0.25, 0.3) is 21.8 Å². The molecule has 1 aromatic carbocycles. The maximum Gasteiger partial charge on any atom is 0.292 e. The summed E-state index contributed by atoms with van der Waals surface area (Å²) in [5.74, 6) is -2.32. The van der Waals surface area contributed by atoms with Crippen LogP contribution in [-0.4, -0.2) is 41.9 Å². The molecule has 1 amide bonds. The number of aromatic nitrogens is 1. The quantitative estimate of drug-likeness (QED) is 0.418. The van der Waals surface area contributed by atoms with Crippen LogP contribution in [0, 0.1) is 0 Å². The van der Waals surface area contributed by atoms with Gasteiger partial charge in [-0.2, -0.15) is 8.42 Å². The lowest BCUT2D eigenvalue weighted by molar-refractivity contribution is -0.116. The molecule has 2 rings (SSSR count). The molecule has 0 aliphatic carbocycles. The van der Waals surface area contributed by atoms with E-state index >= 15 is 0 Å². The molecule has 3 N–H and O–H groups in total. The molecule has 0 atom stereocenters. The fourth-order valence-corrected chi connectivity index (χ4v) is 2.12. The molecule has 0 spiro atoms. The average molecular weight is 296 g/mol. The predicted molar refractivity (Wildman–Crippen MR) is 72.1 cm³/mol. The minimum absolute atomic E-state index is 0.213. The summed E-state index contributed by atoms with van der Waals surface area (Å²) in [6.07, 6.45) is 1.43. The molecule has 0 saturated carbocycles. The van der Waals surface area contributed by atoms with Crippen LogP contribution in [0.2, 0.25) is 0 Å². The van der Waals surface area contributed by atoms with Crippen molar-refractivity contribution in [3.8, 4) is 0 Å². The lowest BCUT2D eigenvalue weighted by atomic mass is 10.1. The highest BCUT2D eigenvalue weighted by molar-refractivity contribution is 7.85. The number of hydrogen-bond donors (Lipinski definition) is 3. The highest BCUT2D eigenvalue weighted by atomic mass is 32.2. The van der Waals surface area contributed by atoms with Crippen molar-refractivity contribution in [1.82, 2.24) is 10.3 Å². The van der Waals surface area contributed by atoms with Crippen molar-refractivity contribution in [2.24, 2.45) is 0 Å². The van der Waals surface area contributed by atoms with Gasteiger partial charge in [0.1, 0.15) is 0 Å². The third kappa shape index (κ3) is 3.22. The second kappa shape index (κ2) is 5.43. The summed E-state index contributed by atoms with van der Waals surface area (Å²) in [6.45, 7) is -0.328. The van der Waals surface area contributed by atoms with Gasteiger partial charge in [0, 0.05) is 23.6 Å². The fraction of sp³-hybridized carbons (Fsp3) is 0.167. The van der Waals surface area contributed by atoms with Gasteiger partial charge in [-0.15, -0.1) is 0 Å². The number of H-pyrrole nitrogens is 1. The molecule has 1 aromatic heterocycles. The van der Waals surface area contributed by atoms with Gasteiger partial charge >= 0.3 is 0 Å². The van der Waals surface area contributed by atoms with E-state index in [0.29, 0.717) is 5.39 Å². The van der Waals surface area contributed by atoms with Gasteiger partial charge in [0.05, 0.1) is 11.3 Å². The smallest absolute Gasteiger partial charge is 0.292 e. The SMILES string of the molecule is O=C(NCCS(=O)(=O)O)C(=O)c1c[nH]c2ccccc12. The summed E-state index contributed by atoms with van der Waals surface area (Å²) in [7, 11) is -4.17. The Morgan fingerprint density at radius 3 is 2.65 bits per heavy atom. The van der Waals surface area contributed by atoms with E-state index in [1.165, 1.54) is 6.20 Å². The zero-order valence-corrected chi connectivity index (χ0v) is 11.1. The molecule has 106 valence electrons. The maximum atomic E-state index is 11.9. The molecule has 0 aliphatic heterocycles.